The van der Waals surface area contributed by atoms with E-state index in [1.54, 1.807) is 13.2 Å². The van der Waals surface area contributed by atoms with Crippen LogP contribution in [0, 0.1) is 6.92 Å². The molecule has 0 bridgehead atoms. The van der Waals surface area contributed by atoms with Crippen LogP contribution in [0.25, 0.3) is 16.8 Å². The fourth-order valence-electron chi connectivity index (χ4n) is 2.83. The number of amides is 1. The van der Waals surface area contributed by atoms with Gasteiger partial charge in [-0.15, -0.1) is 10.2 Å². The lowest BCUT2D eigenvalue weighted by molar-refractivity contribution is 0.102. The molecule has 134 valence electrons. The van der Waals surface area contributed by atoms with Crippen LogP contribution < -0.4 is 10.1 Å². The van der Waals surface area contributed by atoms with Crippen molar-refractivity contribution in [1.29, 1.82) is 0 Å². The van der Waals surface area contributed by atoms with E-state index in [1.807, 2.05) is 55.5 Å². The van der Waals surface area contributed by atoms with E-state index < -0.39 is 0 Å². The molecule has 2 aromatic heterocycles. The van der Waals surface area contributed by atoms with Gasteiger partial charge in [-0.2, -0.15) is 9.61 Å². The van der Waals surface area contributed by atoms with Crippen LogP contribution in [0.15, 0.2) is 60.9 Å². The Labute approximate surface area is 155 Å². The molecule has 7 nitrogen and oxygen atoms in total. The number of nitrogens with one attached hydrogen (secondary N) is 1. The molecule has 0 radical (unpaired) electrons. The Hall–Kier alpha value is -3.74. The Bertz CT molecular complexity index is 1120. The van der Waals surface area contributed by atoms with Gasteiger partial charge in [-0.25, -0.2) is 0 Å². The molecule has 0 aliphatic carbocycles. The van der Waals surface area contributed by atoms with E-state index in [0.717, 1.165) is 11.1 Å². The number of benzene rings is 2. The van der Waals surface area contributed by atoms with Crippen LogP contribution >= 0.6 is 0 Å². The quantitative estimate of drug-likeness (QED) is 0.604. The lowest BCUT2D eigenvalue weighted by atomic mass is 10.1. The predicted octanol–water partition coefficient (Wildman–Crippen LogP) is 3.36. The molecule has 2 heterocycles. The van der Waals surface area contributed by atoms with Gasteiger partial charge in [0.15, 0.2) is 5.65 Å². The highest BCUT2D eigenvalue weighted by molar-refractivity contribution is 6.04. The Morgan fingerprint density at radius 2 is 1.85 bits per heavy atom. The number of carbonyl (C=O) groups excluding carboxylic acids is 1. The summed E-state index contributed by atoms with van der Waals surface area (Å²) in [5, 5.41) is 15.2. The van der Waals surface area contributed by atoms with E-state index >= 15 is 0 Å². The smallest absolute Gasteiger partial charge is 0.276 e. The number of anilines is 1. The molecule has 2 aromatic carbocycles. The zero-order chi connectivity index (χ0) is 18.8. The minimum absolute atomic E-state index is 0.254. The molecule has 0 aliphatic heterocycles. The summed E-state index contributed by atoms with van der Waals surface area (Å²) in [6.45, 7) is 1.99. The molecular weight excluding hydrogens is 342 g/mol. The van der Waals surface area contributed by atoms with Gasteiger partial charge in [0.1, 0.15) is 17.8 Å². The fraction of sp³-hybridized carbons (Fsp3) is 0.100. The predicted molar refractivity (Wildman–Crippen MR) is 102 cm³/mol. The molecule has 0 atom stereocenters. The second-order valence-electron chi connectivity index (χ2n) is 6.06. The minimum Gasteiger partial charge on any atom is -0.496 e. The molecule has 1 N–H and O–H groups in total. The van der Waals surface area contributed by atoms with E-state index in [4.69, 9.17) is 4.74 Å². The SMILES string of the molecule is COc1ccccc1-c1cc(C(=O)Nc2ccc(C)cc2)nn2cnnc12. The highest BCUT2D eigenvalue weighted by Gasteiger charge is 2.17. The topological polar surface area (TPSA) is 81.4 Å². The number of ether oxygens (including phenoxy) is 1. The lowest BCUT2D eigenvalue weighted by Crippen LogP contribution is -2.15. The van der Waals surface area contributed by atoms with Crippen molar-refractivity contribution in [1.82, 2.24) is 19.8 Å². The number of hydrogen-bond acceptors (Lipinski definition) is 5. The van der Waals surface area contributed by atoms with Crippen molar-refractivity contribution >= 4 is 17.2 Å². The van der Waals surface area contributed by atoms with Gasteiger partial charge < -0.3 is 10.1 Å². The first-order chi connectivity index (χ1) is 13.2. The average Bonchev–Trinajstić information content (AvgIpc) is 3.17. The van der Waals surface area contributed by atoms with Crippen molar-refractivity contribution in [2.45, 2.75) is 6.92 Å². The number of aryl methyl sites for hydroxylation is 1. The van der Waals surface area contributed by atoms with Crippen molar-refractivity contribution < 1.29 is 9.53 Å². The van der Waals surface area contributed by atoms with E-state index in [9.17, 15) is 4.79 Å². The van der Waals surface area contributed by atoms with Gasteiger partial charge in [0, 0.05) is 16.8 Å². The number of hydrogen-bond donors (Lipinski definition) is 1. The summed E-state index contributed by atoms with van der Waals surface area (Å²) in [6, 6.07) is 16.8. The number of carbonyl (C=O) groups is 1. The highest BCUT2D eigenvalue weighted by Crippen LogP contribution is 2.32. The molecule has 0 aliphatic rings. The van der Waals surface area contributed by atoms with E-state index in [0.29, 0.717) is 22.6 Å². The Morgan fingerprint density at radius 1 is 1.07 bits per heavy atom. The number of nitrogens with zero attached hydrogens (tertiary/aromatic N) is 4. The zero-order valence-corrected chi connectivity index (χ0v) is 14.9. The number of fused-ring (bicyclic) bond motifs is 1. The number of methoxy groups -OCH3 is 1. The van der Waals surface area contributed by atoms with E-state index in [1.165, 1.54) is 10.8 Å². The number of aromatic nitrogens is 4. The molecule has 4 rings (SSSR count). The van der Waals surface area contributed by atoms with E-state index in [2.05, 4.69) is 20.6 Å². The number of rotatable bonds is 4. The first kappa shape index (κ1) is 16.7. The Balaban J connectivity index is 1.78. The summed E-state index contributed by atoms with van der Waals surface area (Å²) >= 11 is 0. The summed E-state index contributed by atoms with van der Waals surface area (Å²) in [5.41, 5.74) is 4.15. The van der Waals surface area contributed by atoms with Crippen molar-refractivity contribution in [2.24, 2.45) is 0 Å². The molecular formula is C20H17N5O2. The van der Waals surface area contributed by atoms with Crippen molar-refractivity contribution in [2.75, 3.05) is 12.4 Å². The van der Waals surface area contributed by atoms with Gasteiger partial charge in [0.25, 0.3) is 5.91 Å². The summed E-state index contributed by atoms with van der Waals surface area (Å²) < 4.78 is 6.95. The van der Waals surface area contributed by atoms with Crippen molar-refractivity contribution in [3.63, 3.8) is 0 Å². The van der Waals surface area contributed by atoms with Gasteiger partial charge in [-0.3, -0.25) is 4.79 Å². The van der Waals surface area contributed by atoms with Gasteiger partial charge >= 0.3 is 0 Å². The van der Waals surface area contributed by atoms with Crippen molar-refractivity contribution in [3.05, 3.63) is 72.2 Å². The summed E-state index contributed by atoms with van der Waals surface area (Å²) in [5.74, 6) is 0.365. The first-order valence-electron chi connectivity index (χ1n) is 8.38. The second kappa shape index (κ2) is 6.87. The largest absolute Gasteiger partial charge is 0.496 e. The van der Waals surface area contributed by atoms with Crippen LogP contribution in [0.3, 0.4) is 0 Å². The van der Waals surface area contributed by atoms with Gasteiger partial charge in [0.05, 0.1) is 7.11 Å². The minimum atomic E-state index is -0.314. The van der Waals surface area contributed by atoms with Crippen LogP contribution in [-0.4, -0.2) is 32.8 Å². The first-order valence-corrected chi connectivity index (χ1v) is 8.38. The maximum absolute atomic E-state index is 12.7. The summed E-state index contributed by atoms with van der Waals surface area (Å²) in [6.07, 6.45) is 1.47. The van der Waals surface area contributed by atoms with Crippen LogP contribution in [0.4, 0.5) is 5.69 Å². The third kappa shape index (κ3) is 3.22. The molecule has 0 saturated carbocycles. The van der Waals surface area contributed by atoms with Crippen LogP contribution in [0.5, 0.6) is 5.75 Å². The van der Waals surface area contributed by atoms with Crippen LogP contribution in [0.1, 0.15) is 16.1 Å². The average molecular weight is 359 g/mol. The molecule has 4 aromatic rings. The van der Waals surface area contributed by atoms with Crippen LogP contribution in [-0.2, 0) is 0 Å². The Kier molecular flexibility index (Phi) is 4.25. The molecule has 0 saturated heterocycles. The monoisotopic (exact) mass is 359 g/mol. The van der Waals surface area contributed by atoms with E-state index in [-0.39, 0.29) is 11.6 Å². The summed E-state index contributed by atoms with van der Waals surface area (Å²) in [4.78, 5) is 12.7. The third-order valence-electron chi connectivity index (χ3n) is 4.21. The molecule has 7 heteroatoms. The molecule has 27 heavy (non-hydrogen) atoms. The molecule has 0 spiro atoms. The fourth-order valence-corrected chi connectivity index (χ4v) is 2.83. The molecule has 1 amide bonds. The molecule has 0 unspecified atom stereocenters. The van der Waals surface area contributed by atoms with Crippen molar-refractivity contribution in [3.8, 4) is 16.9 Å². The maximum Gasteiger partial charge on any atom is 0.276 e. The standard InChI is InChI=1S/C20H17N5O2/c1-13-7-9-14(10-8-13)22-20(26)17-11-16(19-23-21-12-25(19)24-17)15-5-3-4-6-18(15)27-2/h3-12H,1-2H3,(H,22,26). The van der Waals surface area contributed by atoms with Crippen LogP contribution in [0.2, 0.25) is 0 Å². The van der Waals surface area contributed by atoms with Gasteiger partial charge in [-0.05, 0) is 31.2 Å². The molecule has 0 fully saturated rings. The van der Waals surface area contributed by atoms with Gasteiger partial charge in [-0.1, -0.05) is 35.9 Å². The second-order valence-corrected chi connectivity index (χ2v) is 6.06. The number of para-hydroxylation sites is 1. The summed E-state index contributed by atoms with van der Waals surface area (Å²) in [7, 11) is 1.60. The zero-order valence-electron chi connectivity index (χ0n) is 14.9. The highest BCUT2D eigenvalue weighted by atomic mass is 16.5. The third-order valence-corrected chi connectivity index (χ3v) is 4.21. The maximum atomic E-state index is 12.7. The lowest BCUT2D eigenvalue weighted by Gasteiger charge is -2.11. The Morgan fingerprint density at radius 3 is 2.63 bits per heavy atom. The normalized spacial score (nSPS) is 10.7. The van der Waals surface area contributed by atoms with Gasteiger partial charge in [0.2, 0.25) is 0 Å².